The Balaban J connectivity index is 1.49. The molecule has 0 spiro atoms. The van der Waals surface area contributed by atoms with Crippen molar-refractivity contribution in [3.8, 4) is 0 Å². The van der Waals surface area contributed by atoms with Crippen LogP contribution in [0, 0.1) is 5.82 Å². The van der Waals surface area contributed by atoms with E-state index in [1.807, 2.05) is 48.5 Å². The number of anilines is 2. The lowest BCUT2D eigenvalue weighted by Crippen LogP contribution is -2.32. The molecule has 0 saturated carbocycles. The summed E-state index contributed by atoms with van der Waals surface area (Å²) < 4.78 is 15.3. The first kappa shape index (κ1) is 19.0. The van der Waals surface area contributed by atoms with Gasteiger partial charge in [-0.2, -0.15) is 4.98 Å². The highest BCUT2D eigenvalue weighted by Gasteiger charge is 2.23. The molecule has 1 aliphatic rings. The summed E-state index contributed by atoms with van der Waals surface area (Å²) in [6.45, 7) is 1.89. The molecule has 4 aromatic rings. The van der Waals surface area contributed by atoms with E-state index in [1.165, 1.54) is 11.6 Å². The Morgan fingerprint density at radius 3 is 2.67 bits per heavy atom. The SMILES string of the molecule is Fc1cc(Br)cc2c1CN(c1nc(NCc3ccccc3)c3ccccc3n1)CC2. The lowest BCUT2D eigenvalue weighted by atomic mass is 9.99. The molecule has 4 nitrogen and oxygen atoms in total. The number of aromatic nitrogens is 2. The lowest BCUT2D eigenvalue weighted by molar-refractivity contribution is 0.584. The van der Waals surface area contributed by atoms with Crippen molar-refractivity contribution in [3.05, 3.63) is 93.7 Å². The third kappa shape index (κ3) is 3.75. The van der Waals surface area contributed by atoms with Gasteiger partial charge in [0.2, 0.25) is 5.95 Å². The second-order valence-electron chi connectivity index (χ2n) is 7.43. The molecular weight excluding hydrogens is 443 g/mol. The molecule has 1 aromatic heterocycles. The number of hydrogen-bond acceptors (Lipinski definition) is 4. The van der Waals surface area contributed by atoms with Crippen LogP contribution >= 0.6 is 15.9 Å². The van der Waals surface area contributed by atoms with Gasteiger partial charge in [0.25, 0.3) is 0 Å². The molecular formula is C24H20BrFN4. The maximum absolute atomic E-state index is 14.6. The predicted molar refractivity (Wildman–Crippen MR) is 122 cm³/mol. The van der Waals surface area contributed by atoms with Crippen molar-refractivity contribution in [2.45, 2.75) is 19.5 Å². The Kier molecular flexibility index (Phi) is 5.09. The van der Waals surface area contributed by atoms with Gasteiger partial charge < -0.3 is 10.2 Å². The molecule has 0 atom stereocenters. The van der Waals surface area contributed by atoms with Crippen LogP contribution < -0.4 is 10.2 Å². The van der Waals surface area contributed by atoms with Gasteiger partial charge in [0, 0.05) is 35.1 Å². The molecule has 30 heavy (non-hydrogen) atoms. The minimum Gasteiger partial charge on any atom is -0.365 e. The summed E-state index contributed by atoms with van der Waals surface area (Å²) in [5, 5.41) is 4.44. The Hall–Kier alpha value is -2.99. The van der Waals surface area contributed by atoms with Crippen LogP contribution in [-0.4, -0.2) is 16.5 Å². The first-order valence-corrected chi connectivity index (χ1v) is 10.7. The summed E-state index contributed by atoms with van der Waals surface area (Å²) in [6.07, 6.45) is 0.759. The maximum Gasteiger partial charge on any atom is 0.228 e. The van der Waals surface area contributed by atoms with Crippen molar-refractivity contribution in [2.75, 3.05) is 16.8 Å². The molecule has 0 amide bonds. The number of fused-ring (bicyclic) bond motifs is 2. The summed E-state index contributed by atoms with van der Waals surface area (Å²) >= 11 is 3.39. The first-order valence-electron chi connectivity index (χ1n) is 9.94. The Morgan fingerprint density at radius 1 is 1.00 bits per heavy atom. The molecule has 3 aromatic carbocycles. The van der Waals surface area contributed by atoms with Gasteiger partial charge in [0.15, 0.2) is 0 Å². The number of nitrogens with zero attached hydrogens (tertiary/aromatic N) is 3. The van der Waals surface area contributed by atoms with Crippen LogP contribution in [-0.2, 0) is 19.5 Å². The monoisotopic (exact) mass is 462 g/mol. The van der Waals surface area contributed by atoms with Crippen LogP contribution in [0.1, 0.15) is 16.7 Å². The highest BCUT2D eigenvalue weighted by molar-refractivity contribution is 9.10. The van der Waals surface area contributed by atoms with E-state index in [0.717, 1.165) is 45.3 Å². The second-order valence-corrected chi connectivity index (χ2v) is 8.34. The highest BCUT2D eigenvalue weighted by Crippen LogP contribution is 2.30. The van der Waals surface area contributed by atoms with Crippen molar-refractivity contribution in [1.29, 1.82) is 0 Å². The van der Waals surface area contributed by atoms with Gasteiger partial charge in [-0.1, -0.05) is 58.4 Å². The quantitative estimate of drug-likeness (QED) is 0.421. The number of hydrogen-bond donors (Lipinski definition) is 1. The van der Waals surface area contributed by atoms with Gasteiger partial charge in [0.05, 0.1) is 5.52 Å². The van der Waals surface area contributed by atoms with Crippen LogP contribution in [0.2, 0.25) is 0 Å². The Bertz CT molecular complexity index is 1210. The van der Waals surface area contributed by atoms with E-state index >= 15 is 0 Å². The third-order valence-corrected chi connectivity index (χ3v) is 5.89. The van der Waals surface area contributed by atoms with Crippen molar-refractivity contribution in [2.24, 2.45) is 0 Å². The number of halogens is 2. The zero-order valence-electron chi connectivity index (χ0n) is 16.3. The first-order chi connectivity index (χ1) is 14.7. The summed E-state index contributed by atoms with van der Waals surface area (Å²) in [4.78, 5) is 11.7. The van der Waals surface area contributed by atoms with Crippen molar-refractivity contribution < 1.29 is 4.39 Å². The average Bonchev–Trinajstić information content (AvgIpc) is 2.77. The minimum absolute atomic E-state index is 0.188. The van der Waals surface area contributed by atoms with Gasteiger partial charge in [-0.3, -0.25) is 0 Å². The average molecular weight is 463 g/mol. The van der Waals surface area contributed by atoms with Crippen LogP contribution in [0.4, 0.5) is 16.2 Å². The van der Waals surface area contributed by atoms with Crippen molar-refractivity contribution in [1.82, 2.24) is 9.97 Å². The maximum atomic E-state index is 14.6. The van der Waals surface area contributed by atoms with Gasteiger partial charge >= 0.3 is 0 Å². The Labute approximate surface area is 182 Å². The molecule has 0 fully saturated rings. The summed E-state index contributed by atoms with van der Waals surface area (Å²) in [5.74, 6) is 1.23. The molecule has 1 aliphatic heterocycles. The standard InChI is InChI=1S/C24H20BrFN4/c25-18-12-17-10-11-30(15-20(17)21(26)13-18)24-28-22-9-5-4-8-19(22)23(29-24)27-14-16-6-2-1-3-7-16/h1-9,12-13H,10-11,14-15H2,(H,27,28,29). The number of nitrogens with one attached hydrogen (secondary N) is 1. The zero-order valence-corrected chi connectivity index (χ0v) is 17.9. The van der Waals surface area contributed by atoms with Crippen LogP contribution in [0.15, 0.2) is 71.2 Å². The smallest absolute Gasteiger partial charge is 0.228 e. The van der Waals surface area contributed by atoms with Crippen molar-refractivity contribution in [3.63, 3.8) is 0 Å². The van der Waals surface area contributed by atoms with Gasteiger partial charge in [0.1, 0.15) is 11.6 Å². The van der Waals surface area contributed by atoms with E-state index in [-0.39, 0.29) is 5.82 Å². The highest BCUT2D eigenvalue weighted by atomic mass is 79.9. The normalized spacial score (nSPS) is 13.3. The fourth-order valence-electron chi connectivity index (χ4n) is 3.88. The van der Waals surface area contributed by atoms with Crippen LogP contribution in [0.5, 0.6) is 0 Å². The zero-order chi connectivity index (χ0) is 20.5. The number of rotatable bonds is 4. The molecule has 0 aliphatic carbocycles. The molecule has 6 heteroatoms. The third-order valence-electron chi connectivity index (χ3n) is 5.43. The number of benzene rings is 3. The van der Waals surface area contributed by atoms with Gasteiger partial charge in [-0.15, -0.1) is 0 Å². The van der Waals surface area contributed by atoms with Crippen LogP contribution in [0.3, 0.4) is 0 Å². The molecule has 0 bridgehead atoms. The summed E-state index contributed by atoms with van der Waals surface area (Å²) in [6, 6.07) is 21.7. The predicted octanol–water partition coefficient (Wildman–Crippen LogP) is 5.71. The van der Waals surface area contributed by atoms with Crippen molar-refractivity contribution >= 4 is 38.6 Å². The topological polar surface area (TPSA) is 41.1 Å². The van der Waals surface area contributed by atoms with E-state index in [9.17, 15) is 4.39 Å². The fraction of sp³-hybridized carbons (Fsp3) is 0.167. The second kappa shape index (κ2) is 8.03. The van der Waals surface area contributed by atoms with E-state index in [4.69, 9.17) is 9.97 Å². The molecule has 5 rings (SSSR count). The molecule has 150 valence electrons. The van der Waals surface area contributed by atoms with Gasteiger partial charge in [-0.25, -0.2) is 9.37 Å². The van der Waals surface area contributed by atoms with E-state index in [2.05, 4.69) is 38.3 Å². The summed E-state index contributed by atoms with van der Waals surface area (Å²) in [7, 11) is 0. The van der Waals surface area contributed by atoms with E-state index in [1.54, 1.807) is 0 Å². The molecule has 0 unspecified atom stereocenters. The molecule has 1 N–H and O–H groups in total. The molecule has 0 saturated heterocycles. The minimum atomic E-state index is -0.188. The largest absolute Gasteiger partial charge is 0.365 e. The van der Waals surface area contributed by atoms with Crippen LogP contribution in [0.25, 0.3) is 10.9 Å². The van der Waals surface area contributed by atoms with E-state index in [0.29, 0.717) is 19.0 Å². The Morgan fingerprint density at radius 2 is 1.80 bits per heavy atom. The fourth-order valence-corrected chi connectivity index (χ4v) is 4.35. The molecule has 2 heterocycles. The number of para-hydroxylation sites is 1. The van der Waals surface area contributed by atoms with Gasteiger partial charge in [-0.05, 0) is 41.8 Å². The molecule has 0 radical (unpaired) electrons. The lowest BCUT2D eigenvalue weighted by Gasteiger charge is -2.29. The van der Waals surface area contributed by atoms with E-state index < -0.39 is 0 Å². The summed E-state index contributed by atoms with van der Waals surface area (Å²) in [5.41, 5.74) is 3.82.